The van der Waals surface area contributed by atoms with Crippen molar-refractivity contribution in [1.82, 2.24) is 4.72 Å². The molecule has 0 bridgehead atoms. The molecule has 1 amide bonds. The second-order valence-corrected chi connectivity index (χ2v) is 8.56. The molecule has 0 aliphatic rings. The van der Waals surface area contributed by atoms with Crippen LogP contribution in [0.1, 0.15) is 11.1 Å². The first-order chi connectivity index (χ1) is 14.4. The molecule has 0 unspecified atom stereocenters. The summed E-state index contributed by atoms with van der Waals surface area (Å²) >= 11 is 0. The van der Waals surface area contributed by atoms with E-state index in [1.807, 2.05) is 36.4 Å². The van der Waals surface area contributed by atoms with Gasteiger partial charge in [-0.3, -0.25) is 4.79 Å². The molecular formula is C23H24N2O4S. The van der Waals surface area contributed by atoms with E-state index in [4.69, 9.17) is 4.74 Å². The number of carbonyl (C=O) groups is 1. The fourth-order valence-electron chi connectivity index (χ4n) is 3.03. The maximum atomic E-state index is 13.2. The summed E-state index contributed by atoms with van der Waals surface area (Å²) < 4.78 is 34.1. The Balaban J connectivity index is 1.91. The molecule has 3 aromatic rings. The van der Waals surface area contributed by atoms with E-state index in [9.17, 15) is 13.2 Å². The van der Waals surface area contributed by atoms with Crippen molar-refractivity contribution in [3.8, 4) is 5.75 Å². The summed E-state index contributed by atoms with van der Waals surface area (Å²) in [6, 6.07) is 22.1. The lowest BCUT2D eigenvalue weighted by Crippen LogP contribution is -2.45. The Morgan fingerprint density at radius 3 is 2.23 bits per heavy atom. The van der Waals surface area contributed by atoms with Crippen molar-refractivity contribution < 1.29 is 17.9 Å². The first-order valence-electron chi connectivity index (χ1n) is 9.46. The van der Waals surface area contributed by atoms with Crippen molar-refractivity contribution in [3.05, 3.63) is 90.0 Å². The summed E-state index contributed by atoms with van der Waals surface area (Å²) in [5, 5.41) is 2.78. The number of benzene rings is 3. The van der Waals surface area contributed by atoms with Crippen LogP contribution >= 0.6 is 0 Å². The maximum Gasteiger partial charge on any atom is 0.245 e. The minimum absolute atomic E-state index is 0.00410. The third kappa shape index (κ3) is 5.46. The second-order valence-electron chi connectivity index (χ2n) is 6.87. The lowest BCUT2D eigenvalue weighted by atomic mass is 10.1. The van der Waals surface area contributed by atoms with E-state index in [0.29, 0.717) is 5.69 Å². The average molecular weight is 425 g/mol. The molecule has 156 valence electrons. The number of hydrogen-bond donors (Lipinski definition) is 2. The van der Waals surface area contributed by atoms with E-state index in [-0.39, 0.29) is 17.1 Å². The third-order valence-electron chi connectivity index (χ3n) is 4.55. The van der Waals surface area contributed by atoms with Gasteiger partial charge in [0.15, 0.2) is 0 Å². The molecule has 30 heavy (non-hydrogen) atoms. The zero-order valence-electron chi connectivity index (χ0n) is 16.8. The number of carbonyl (C=O) groups excluding carboxylic acids is 1. The Bertz CT molecular complexity index is 1100. The van der Waals surface area contributed by atoms with Crippen molar-refractivity contribution in [3.63, 3.8) is 0 Å². The molecule has 2 N–H and O–H groups in total. The molecule has 3 rings (SSSR count). The topological polar surface area (TPSA) is 84.5 Å². The van der Waals surface area contributed by atoms with Gasteiger partial charge in [-0.05, 0) is 48.7 Å². The number of ether oxygens (including phenoxy) is 1. The fraction of sp³-hybridized carbons (Fsp3) is 0.174. The van der Waals surface area contributed by atoms with Crippen LogP contribution in [0.25, 0.3) is 0 Å². The monoisotopic (exact) mass is 424 g/mol. The molecule has 0 aliphatic heterocycles. The van der Waals surface area contributed by atoms with Crippen LogP contribution < -0.4 is 14.8 Å². The molecule has 6 nitrogen and oxygen atoms in total. The van der Waals surface area contributed by atoms with Crippen LogP contribution in [-0.4, -0.2) is 27.5 Å². The third-order valence-corrected chi connectivity index (χ3v) is 6.04. The highest BCUT2D eigenvalue weighted by Gasteiger charge is 2.28. The molecule has 3 aromatic carbocycles. The van der Waals surface area contributed by atoms with E-state index < -0.39 is 22.0 Å². The van der Waals surface area contributed by atoms with Crippen LogP contribution in [0.15, 0.2) is 83.8 Å². The fourth-order valence-corrected chi connectivity index (χ4v) is 4.48. The molecule has 0 heterocycles. The number of nitrogens with one attached hydrogen (secondary N) is 2. The molecule has 0 aliphatic carbocycles. The molecule has 7 heteroatoms. The predicted molar refractivity (Wildman–Crippen MR) is 117 cm³/mol. The predicted octanol–water partition coefficient (Wildman–Crippen LogP) is 3.53. The lowest BCUT2D eigenvalue weighted by molar-refractivity contribution is -0.117. The molecular weight excluding hydrogens is 400 g/mol. The van der Waals surface area contributed by atoms with Gasteiger partial charge in [-0.1, -0.05) is 54.6 Å². The normalized spacial score (nSPS) is 12.2. The van der Waals surface area contributed by atoms with Crippen molar-refractivity contribution in [2.45, 2.75) is 24.3 Å². The average Bonchev–Trinajstić information content (AvgIpc) is 2.74. The van der Waals surface area contributed by atoms with Gasteiger partial charge >= 0.3 is 0 Å². The van der Waals surface area contributed by atoms with Gasteiger partial charge in [0, 0.05) is 5.69 Å². The summed E-state index contributed by atoms with van der Waals surface area (Å²) in [5.74, 6) is -0.227. The van der Waals surface area contributed by atoms with Gasteiger partial charge in [-0.15, -0.1) is 0 Å². The molecule has 1 atom stereocenters. The van der Waals surface area contributed by atoms with E-state index in [2.05, 4.69) is 10.0 Å². The van der Waals surface area contributed by atoms with Crippen molar-refractivity contribution in [2.24, 2.45) is 0 Å². The lowest BCUT2D eigenvalue weighted by Gasteiger charge is -2.20. The maximum absolute atomic E-state index is 13.2. The smallest absolute Gasteiger partial charge is 0.245 e. The Kier molecular flexibility index (Phi) is 6.87. The van der Waals surface area contributed by atoms with Crippen molar-refractivity contribution in [2.75, 3.05) is 12.4 Å². The summed E-state index contributed by atoms with van der Waals surface area (Å²) in [6.45, 7) is 1.79. The second kappa shape index (κ2) is 9.56. The summed E-state index contributed by atoms with van der Waals surface area (Å²) in [7, 11) is -2.61. The number of para-hydroxylation sites is 1. The van der Waals surface area contributed by atoms with Crippen molar-refractivity contribution >= 4 is 21.6 Å². The zero-order chi connectivity index (χ0) is 21.6. The SMILES string of the molecule is COc1ccc(C)cc1S(=O)(=O)N[C@H](Cc1ccccc1)C(=O)Nc1ccccc1. The van der Waals surface area contributed by atoms with Gasteiger partial charge < -0.3 is 10.1 Å². The molecule has 0 fully saturated rings. The van der Waals surface area contributed by atoms with E-state index >= 15 is 0 Å². The summed E-state index contributed by atoms with van der Waals surface area (Å²) in [5.41, 5.74) is 2.20. The quantitative estimate of drug-likeness (QED) is 0.579. The van der Waals surface area contributed by atoms with Crippen LogP contribution in [0.3, 0.4) is 0 Å². The molecule has 0 saturated carbocycles. The number of hydrogen-bond acceptors (Lipinski definition) is 4. The number of amides is 1. The highest BCUT2D eigenvalue weighted by molar-refractivity contribution is 7.89. The van der Waals surface area contributed by atoms with E-state index in [1.165, 1.54) is 13.2 Å². The first-order valence-corrected chi connectivity index (χ1v) is 10.9. The Morgan fingerprint density at radius 1 is 0.967 bits per heavy atom. The highest BCUT2D eigenvalue weighted by atomic mass is 32.2. The van der Waals surface area contributed by atoms with Crippen LogP contribution in [0.5, 0.6) is 5.75 Å². The van der Waals surface area contributed by atoms with E-state index in [0.717, 1.165) is 11.1 Å². The van der Waals surface area contributed by atoms with Gasteiger partial charge in [-0.25, -0.2) is 8.42 Å². The first kappa shape index (κ1) is 21.5. The van der Waals surface area contributed by atoms with Crippen molar-refractivity contribution in [1.29, 1.82) is 0 Å². The summed E-state index contributed by atoms with van der Waals surface area (Å²) in [6.07, 6.45) is 0.201. The van der Waals surface area contributed by atoms with Gasteiger partial charge in [0.1, 0.15) is 16.7 Å². The van der Waals surface area contributed by atoms with Crippen LogP contribution in [0.2, 0.25) is 0 Å². The number of rotatable bonds is 8. The van der Waals surface area contributed by atoms with Crippen LogP contribution in [0, 0.1) is 6.92 Å². The largest absolute Gasteiger partial charge is 0.495 e. The van der Waals surface area contributed by atoms with Gasteiger partial charge in [0.25, 0.3) is 0 Å². The molecule has 0 aromatic heterocycles. The molecule has 0 spiro atoms. The standard InChI is InChI=1S/C23H24N2O4S/c1-17-13-14-21(29-2)22(15-17)30(27,28)25-20(16-18-9-5-3-6-10-18)23(26)24-19-11-7-4-8-12-19/h3-15,20,25H,16H2,1-2H3,(H,24,26)/t20-/m1/s1. The van der Waals surface area contributed by atoms with Gasteiger partial charge in [0.05, 0.1) is 7.11 Å². The minimum atomic E-state index is -4.02. The van der Waals surface area contributed by atoms with Crippen LogP contribution in [-0.2, 0) is 21.2 Å². The minimum Gasteiger partial charge on any atom is -0.495 e. The van der Waals surface area contributed by atoms with Gasteiger partial charge in [-0.2, -0.15) is 4.72 Å². The Morgan fingerprint density at radius 2 is 1.60 bits per heavy atom. The molecule has 0 saturated heterocycles. The van der Waals surface area contributed by atoms with Crippen LogP contribution in [0.4, 0.5) is 5.69 Å². The van der Waals surface area contributed by atoms with Gasteiger partial charge in [0.2, 0.25) is 15.9 Å². The van der Waals surface area contributed by atoms with E-state index in [1.54, 1.807) is 43.3 Å². The summed E-state index contributed by atoms with van der Waals surface area (Å²) in [4.78, 5) is 13.0. The zero-order valence-corrected chi connectivity index (χ0v) is 17.6. The number of aryl methyl sites for hydroxylation is 1. The molecule has 0 radical (unpaired) electrons. The Labute approximate surface area is 177 Å². The number of anilines is 1. The highest BCUT2D eigenvalue weighted by Crippen LogP contribution is 2.25. The number of sulfonamides is 1. The number of methoxy groups -OCH3 is 1. The Hall–Kier alpha value is -3.16.